The maximum absolute atomic E-state index is 12.5. The minimum Gasteiger partial charge on any atom is -0.457 e. The Hall–Kier alpha value is -4.48. The molecule has 3 N–H and O–H groups in total. The summed E-state index contributed by atoms with van der Waals surface area (Å²) in [5.74, 6) is 1.36. The quantitative estimate of drug-likeness (QED) is 0.303. The fraction of sp³-hybridized carbons (Fsp3) is 0.286. The van der Waals surface area contributed by atoms with Crippen molar-refractivity contribution < 1.29 is 19.1 Å². The number of nitrogens with one attached hydrogen (secondary N) is 3. The summed E-state index contributed by atoms with van der Waals surface area (Å²) in [6.07, 6.45) is 1.53. The SMILES string of the molecule is CNC(=O)c1cc(Oc2ccc3c(c2)nc(Nc2ccc(C(=O)NCCN4CCOCC4)cc2)n3C)ccn1. The topological polar surface area (TPSA) is 123 Å². The maximum Gasteiger partial charge on any atom is 0.269 e. The molecule has 11 heteroatoms. The van der Waals surface area contributed by atoms with Crippen LogP contribution in [0.3, 0.4) is 0 Å². The Morgan fingerprint density at radius 2 is 1.77 bits per heavy atom. The van der Waals surface area contributed by atoms with Crippen molar-refractivity contribution in [2.75, 3.05) is 51.8 Å². The van der Waals surface area contributed by atoms with Crippen molar-refractivity contribution in [1.29, 1.82) is 0 Å². The lowest BCUT2D eigenvalue weighted by molar-refractivity contribution is 0.0383. The van der Waals surface area contributed by atoms with Crippen LogP contribution in [0.25, 0.3) is 11.0 Å². The van der Waals surface area contributed by atoms with Gasteiger partial charge in [0.15, 0.2) is 0 Å². The van der Waals surface area contributed by atoms with E-state index in [9.17, 15) is 9.59 Å². The molecule has 11 nitrogen and oxygen atoms in total. The number of rotatable bonds is 9. The Bertz CT molecular complexity index is 1460. The molecule has 0 aliphatic carbocycles. The van der Waals surface area contributed by atoms with Gasteiger partial charge in [0.2, 0.25) is 5.95 Å². The number of carbonyl (C=O) groups excluding carboxylic acids is 2. The second-order valence-electron chi connectivity index (χ2n) is 9.12. The summed E-state index contributed by atoms with van der Waals surface area (Å²) in [6, 6.07) is 16.2. The summed E-state index contributed by atoms with van der Waals surface area (Å²) in [7, 11) is 3.48. The minimum atomic E-state index is -0.284. The molecule has 1 fully saturated rings. The highest BCUT2D eigenvalue weighted by Gasteiger charge is 2.13. The van der Waals surface area contributed by atoms with Crippen molar-refractivity contribution in [1.82, 2.24) is 30.1 Å². The first-order chi connectivity index (χ1) is 19.0. The molecule has 2 aromatic heterocycles. The van der Waals surface area contributed by atoms with Crippen molar-refractivity contribution in [2.24, 2.45) is 7.05 Å². The smallest absolute Gasteiger partial charge is 0.269 e. The molecule has 5 rings (SSSR count). The molecule has 0 spiro atoms. The van der Waals surface area contributed by atoms with Gasteiger partial charge in [-0.25, -0.2) is 4.98 Å². The Kier molecular flexibility index (Phi) is 7.99. The number of aromatic nitrogens is 3. The molecule has 202 valence electrons. The maximum atomic E-state index is 12.5. The van der Waals surface area contributed by atoms with Gasteiger partial charge in [-0.3, -0.25) is 19.5 Å². The number of nitrogens with zero attached hydrogens (tertiary/aromatic N) is 4. The van der Waals surface area contributed by atoms with Crippen molar-refractivity contribution in [3.63, 3.8) is 0 Å². The summed E-state index contributed by atoms with van der Waals surface area (Å²) in [4.78, 5) is 35.4. The van der Waals surface area contributed by atoms with Gasteiger partial charge in [0.1, 0.15) is 17.2 Å². The summed E-state index contributed by atoms with van der Waals surface area (Å²) >= 11 is 0. The predicted octanol–water partition coefficient (Wildman–Crippen LogP) is 2.93. The average molecular weight is 530 g/mol. The van der Waals surface area contributed by atoms with E-state index in [1.54, 1.807) is 31.3 Å². The number of carbonyl (C=O) groups is 2. The summed E-state index contributed by atoms with van der Waals surface area (Å²) < 4.78 is 13.3. The second-order valence-corrected chi connectivity index (χ2v) is 9.12. The van der Waals surface area contributed by atoms with Crippen LogP contribution in [-0.4, -0.2) is 77.7 Å². The zero-order valence-electron chi connectivity index (χ0n) is 21.9. The van der Waals surface area contributed by atoms with Gasteiger partial charge in [0.25, 0.3) is 11.8 Å². The van der Waals surface area contributed by atoms with E-state index in [1.165, 1.54) is 6.20 Å². The summed E-state index contributed by atoms with van der Waals surface area (Å²) in [5.41, 5.74) is 3.35. The highest BCUT2D eigenvalue weighted by molar-refractivity contribution is 5.94. The van der Waals surface area contributed by atoms with Crippen molar-refractivity contribution in [3.8, 4) is 11.5 Å². The number of amides is 2. The molecule has 0 bridgehead atoms. The number of aryl methyl sites for hydroxylation is 1. The molecule has 1 aliphatic rings. The second kappa shape index (κ2) is 11.9. The third kappa shape index (κ3) is 6.33. The third-order valence-corrected chi connectivity index (χ3v) is 6.50. The van der Waals surface area contributed by atoms with E-state index in [-0.39, 0.29) is 17.5 Å². The summed E-state index contributed by atoms with van der Waals surface area (Å²) in [6.45, 7) is 4.70. The lowest BCUT2D eigenvalue weighted by Crippen LogP contribution is -2.41. The molecule has 2 aromatic carbocycles. The molecule has 4 aromatic rings. The van der Waals surface area contributed by atoms with Gasteiger partial charge in [-0.1, -0.05) is 0 Å². The number of hydrogen-bond acceptors (Lipinski definition) is 8. The van der Waals surface area contributed by atoms with E-state index in [0.29, 0.717) is 29.6 Å². The van der Waals surface area contributed by atoms with Crippen LogP contribution in [0.2, 0.25) is 0 Å². The number of benzene rings is 2. The molecule has 0 radical (unpaired) electrons. The van der Waals surface area contributed by atoms with Crippen LogP contribution in [0, 0.1) is 0 Å². The number of imidazole rings is 1. The predicted molar refractivity (Wildman–Crippen MR) is 148 cm³/mol. The third-order valence-electron chi connectivity index (χ3n) is 6.50. The first-order valence-electron chi connectivity index (χ1n) is 12.8. The number of anilines is 2. The molecule has 2 amide bonds. The van der Waals surface area contributed by atoms with Crippen LogP contribution in [0.4, 0.5) is 11.6 Å². The Morgan fingerprint density at radius 1 is 1.00 bits per heavy atom. The lowest BCUT2D eigenvalue weighted by atomic mass is 10.2. The van der Waals surface area contributed by atoms with E-state index >= 15 is 0 Å². The molecule has 3 heterocycles. The van der Waals surface area contributed by atoms with Gasteiger partial charge in [0.05, 0.1) is 24.2 Å². The number of fused-ring (bicyclic) bond motifs is 1. The van der Waals surface area contributed by atoms with Crippen molar-refractivity contribution >= 4 is 34.5 Å². The van der Waals surface area contributed by atoms with Gasteiger partial charge in [-0.15, -0.1) is 0 Å². The monoisotopic (exact) mass is 529 g/mol. The zero-order valence-corrected chi connectivity index (χ0v) is 21.9. The molecule has 0 atom stereocenters. The first-order valence-corrected chi connectivity index (χ1v) is 12.8. The van der Waals surface area contributed by atoms with Crippen LogP contribution < -0.4 is 20.7 Å². The van der Waals surface area contributed by atoms with Gasteiger partial charge in [0, 0.05) is 69.9 Å². The molecule has 39 heavy (non-hydrogen) atoms. The molecule has 1 saturated heterocycles. The largest absolute Gasteiger partial charge is 0.457 e. The van der Waals surface area contributed by atoms with Crippen LogP contribution in [0.1, 0.15) is 20.8 Å². The van der Waals surface area contributed by atoms with Crippen LogP contribution in [-0.2, 0) is 11.8 Å². The molecule has 0 saturated carbocycles. The van der Waals surface area contributed by atoms with Gasteiger partial charge >= 0.3 is 0 Å². The molecular weight excluding hydrogens is 498 g/mol. The fourth-order valence-electron chi connectivity index (χ4n) is 4.31. The molecule has 0 unspecified atom stereocenters. The zero-order chi connectivity index (χ0) is 27.2. The fourth-order valence-corrected chi connectivity index (χ4v) is 4.31. The molecule has 1 aliphatic heterocycles. The lowest BCUT2D eigenvalue weighted by Gasteiger charge is -2.26. The standard InChI is InChI=1S/C28H31N7O4/c1-29-27(37)24-18-22(9-10-30-24)39-21-7-8-25-23(17-21)33-28(34(25)2)32-20-5-3-19(4-6-20)26(36)31-11-12-35-13-15-38-16-14-35/h3-10,17-18H,11-16H2,1-2H3,(H,29,37)(H,31,36)(H,32,33). The number of morpholine rings is 1. The Morgan fingerprint density at radius 3 is 2.54 bits per heavy atom. The molecular formula is C28H31N7O4. The number of pyridine rings is 1. The minimum absolute atomic E-state index is 0.0956. The van der Waals surface area contributed by atoms with Crippen molar-refractivity contribution in [2.45, 2.75) is 0 Å². The van der Waals surface area contributed by atoms with Crippen LogP contribution in [0.5, 0.6) is 11.5 Å². The first kappa shape index (κ1) is 26.1. The van der Waals surface area contributed by atoms with E-state index in [1.807, 2.05) is 41.9 Å². The van der Waals surface area contributed by atoms with Crippen molar-refractivity contribution in [3.05, 3.63) is 72.1 Å². The van der Waals surface area contributed by atoms with Gasteiger partial charge in [-0.2, -0.15) is 0 Å². The highest BCUT2D eigenvalue weighted by atomic mass is 16.5. The normalized spacial score (nSPS) is 13.7. The Labute approximate surface area is 226 Å². The highest BCUT2D eigenvalue weighted by Crippen LogP contribution is 2.28. The van der Waals surface area contributed by atoms with E-state index in [2.05, 4.69) is 25.8 Å². The van der Waals surface area contributed by atoms with Crippen LogP contribution >= 0.6 is 0 Å². The number of ether oxygens (including phenoxy) is 2. The van der Waals surface area contributed by atoms with Gasteiger partial charge < -0.3 is 30.0 Å². The average Bonchev–Trinajstić information content (AvgIpc) is 3.27. The van der Waals surface area contributed by atoms with Crippen LogP contribution in [0.15, 0.2) is 60.8 Å². The summed E-state index contributed by atoms with van der Waals surface area (Å²) in [5, 5.41) is 8.85. The Balaban J connectivity index is 1.21. The number of hydrogen-bond donors (Lipinski definition) is 3. The van der Waals surface area contributed by atoms with E-state index in [0.717, 1.165) is 49.6 Å². The van der Waals surface area contributed by atoms with Gasteiger partial charge in [-0.05, 0) is 42.5 Å². The van der Waals surface area contributed by atoms with E-state index < -0.39 is 0 Å². The van der Waals surface area contributed by atoms with E-state index in [4.69, 9.17) is 14.5 Å².